The van der Waals surface area contributed by atoms with E-state index in [0.717, 1.165) is 64.7 Å². The van der Waals surface area contributed by atoms with E-state index in [-0.39, 0.29) is 11.3 Å². The van der Waals surface area contributed by atoms with Crippen molar-refractivity contribution in [2.45, 2.75) is 31.6 Å². The largest absolute Gasteiger partial charge is 0.477 e. The van der Waals surface area contributed by atoms with E-state index in [1.807, 2.05) is 32.4 Å². The van der Waals surface area contributed by atoms with Gasteiger partial charge in [-0.05, 0) is 64.0 Å². The molecule has 1 fully saturated rings. The lowest BCUT2D eigenvalue weighted by Crippen LogP contribution is -2.28. The van der Waals surface area contributed by atoms with Crippen LogP contribution in [0.5, 0.6) is 5.88 Å². The van der Waals surface area contributed by atoms with Crippen LogP contribution in [0.2, 0.25) is 0 Å². The molecule has 2 aromatic heterocycles. The number of carbonyl (C=O) groups excluding carboxylic acids is 1. The van der Waals surface area contributed by atoms with E-state index in [4.69, 9.17) is 4.74 Å². The van der Waals surface area contributed by atoms with Crippen LogP contribution in [0.1, 0.15) is 30.4 Å². The molecule has 0 unspecified atom stereocenters. The zero-order valence-corrected chi connectivity index (χ0v) is 18.6. The summed E-state index contributed by atoms with van der Waals surface area (Å²) in [6.07, 6.45) is 6.53. The highest BCUT2D eigenvalue weighted by atomic mass is 16.5. The predicted molar refractivity (Wildman–Crippen MR) is 123 cm³/mol. The molecule has 1 aromatic carbocycles. The topological polar surface area (TPSA) is 58.6 Å². The van der Waals surface area contributed by atoms with Crippen molar-refractivity contribution in [3.8, 4) is 17.0 Å². The molecule has 3 aromatic rings. The van der Waals surface area contributed by atoms with E-state index in [9.17, 15) is 4.79 Å². The summed E-state index contributed by atoms with van der Waals surface area (Å²) in [5.74, 6) is 0.894. The van der Waals surface area contributed by atoms with Gasteiger partial charge in [-0.25, -0.2) is 4.98 Å². The van der Waals surface area contributed by atoms with Crippen LogP contribution in [0.15, 0.2) is 36.7 Å². The van der Waals surface area contributed by atoms with Gasteiger partial charge < -0.3 is 14.5 Å². The van der Waals surface area contributed by atoms with Crippen molar-refractivity contribution >= 4 is 22.5 Å². The van der Waals surface area contributed by atoms with Gasteiger partial charge in [0.2, 0.25) is 11.8 Å². The minimum Gasteiger partial charge on any atom is -0.477 e. The number of fused-ring (bicyclic) bond motifs is 4. The number of rotatable bonds is 6. The maximum Gasteiger partial charge on any atom is 0.237 e. The predicted octanol–water partition coefficient (Wildman–Crippen LogP) is 3.94. The molecule has 1 aliphatic heterocycles. The zero-order valence-electron chi connectivity index (χ0n) is 18.6. The number of aryl methyl sites for hydroxylation is 1. The second-order valence-corrected chi connectivity index (χ2v) is 9.05. The van der Waals surface area contributed by atoms with E-state index >= 15 is 0 Å². The first-order valence-electron chi connectivity index (χ1n) is 10.9. The average molecular weight is 417 g/mol. The molecule has 1 aliphatic carbocycles. The Kier molecular flexibility index (Phi) is 4.70. The van der Waals surface area contributed by atoms with Crippen molar-refractivity contribution in [3.05, 3.63) is 47.8 Å². The summed E-state index contributed by atoms with van der Waals surface area (Å²) in [5, 5.41) is 1.08. The molecule has 31 heavy (non-hydrogen) atoms. The quantitative estimate of drug-likeness (QED) is 0.570. The van der Waals surface area contributed by atoms with E-state index in [1.165, 1.54) is 0 Å². The monoisotopic (exact) mass is 416 g/mol. The summed E-state index contributed by atoms with van der Waals surface area (Å²) in [6.45, 7) is 3.68. The third-order valence-corrected chi connectivity index (χ3v) is 6.50. The van der Waals surface area contributed by atoms with Crippen molar-refractivity contribution in [1.29, 1.82) is 0 Å². The molecule has 0 atom stereocenters. The molecule has 1 spiro atoms. The van der Waals surface area contributed by atoms with E-state index in [1.54, 1.807) is 4.90 Å². The average Bonchev–Trinajstić information content (AvgIpc) is 3.53. The van der Waals surface area contributed by atoms with Crippen LogP contribution in [-0.4, -0.2) is 55.1 Å². The van der Waals surface area contributed by atoms with Crippen LogP contribution in [0, 0.1) is 6.92 Å². The molecule has 1 amide bonds. The van der Waals surface area contributed by atoms with Gasteiger partial charge in [-0.1, -0.05) is 6.07 Å². The first-order chi connectivity index (χ1) is 14.9. The number of aromatic nitrogens is 2. The van der Waals surface area contributed by atoms with Crippen molar-refractivity contribution in [1.82, 2.24) is 14.9 Å². The smallest absolute Gasteiger partial charge is 0.237 e. The molecular weight excluding hydrogens is 388 g/mol. The fraction of sp³-hybridized carbons (Fsp3) is 0.400. The van der Waals surface area contributed by atoms with Crippen LogP contribution >= 0.6 is 0 Å². The standard InChI is InChI=1S/C25H28N4O2/c1-16-12-18(14-27-23(16)31-11-5-10-28(2)3)17-6-7-20-19(13-17)22-21(15-26-20)29(4)24(30)25(22)8-9-25/h6-7,12-15H,5,8-11H2,1-4H3. The minimum atomic E-state index is -0.331. The summed E-state index contributed by atoms with van der Waals surface area (Å²) in [4.78, 5) is 26.0. The van der Waals surface area contributed by atoms with Gasteiger partial charge in [-0.2, -0.15) is 0 Å². The van der Waals surface area contributed by atoms with E-state index < -0.39 is 0 Å². The summed E-state index contributed by atoms with van der Waals surface area (Å²) in [7, 11) is 5.98. The summed E-state index contributed by atoms with van der Waals surface area (Å²) >= 11 is 0. The number of amides is 1. The first kappa shape index (κ1) is 19.9. The highest BCUT2D eigenvalue weighted by molar-refractivity contribution is 6.14. The fourth-order valence-electron chi connectivity index (χ4n) is 4.67. The number of nitrogens with zero attached hydrogens (tertiary/aromatic N) is 4. The zero-order chi connectivity index (χ0) is 21.8. The molecule has 160 valence electrons. The molecule has 0 bridgehead atoms. The number of likely N-dealkylation sites (N-methyl/N-ethyl adjacent to an activating group) is 1. The maximum absolute atomic E-state index is 12.8. The Hall–Kier alpha value is -2.99. The van der Waals surface area contributed by atoms with Gasteiger partial charge in [0.25, 0.3) is 0 Å². The number of hydrogen-bond donors (Lipinski definition) is 0. The molecule has 6 nitrogen and oxygen atoms in total. The molecule has 6 heteroatoms. The molecule has 0 N–H and O–H groups in total. The number of anilines is 1. The van der Waals surface area contributed by atoms with Crippen molar-refractivity contribution < 1.29 is 9.53 Å². The third-order valence-electron chi connectivity index (χ3n) is 6.50. The van der Waals surface area contributed by atoms with Gasteiger partial charge >= 0.3 is 0 Å². The number of benzene rings is 1. The number of pyridine rings is 2. The highest BCUT2D eigenvalue weighted by Gasteiger charge is 2.59. The summed E-state index contributed by atoms with van der Waals surface area (Å²) in [5.41, 5.74) is 5.84. The second-order valence-electron chi connectivity index (χ2n) is 9.05. The number of ether oxygens (including phenoxy) is 1. The Bertz CT molecular complexity index is 1180. The van der Waals surface area contributed by atoms with Crippen molar-refractivity contribution in [2.75, 3.05) is 39.2 Å². The lowest BCUT2D eigenvalue weighted by molar-refractivity contribution is -0.119. The molecule has 3 heterocycles. The van der Waals surface area contributed by atoms with Gasteiger partial charge in [0.1, 0.15) is 0 Å². The van der Waals surface area contributed by atoms with Gasteiger partial charge in [-0.15, -0.1) is 0 Å². The molecule has 0 saturated heterocycles. The van der Waals surface area contributed by atoms with E-state index in [2.05, 4.69) is 47.2 Å². The van der Waals surface area contributed by atoms with Gasteiger partial charge in [0.15, 0.2) is 0 Å². The lowest BCUT2D eigenvalue weighted by atomic mass is 9.92. The van der Waals surface area contributed by atoms with Crippen LogP contribution in [0.25, 0.3) is 22.0 Å². The Morgan fingerprint density at radius 1 is 1.13 bits per heavy atom. The number of carbonyl (C=O) groups is 1. The van der Waals surface area contributed by atoms with E-state index in [0.29, 0.717) is 12.5 Å². The van der Waals surface area contributed by atoms with Gasteiger partial charge in [0, 0.05) is 41.9 Å². The van der Waals surface area contributed by atoms with Gasteiger partial charge in [-0.3, -0.25) is 9.78 Å². The SMILES string of the molecule is Cc1cc(-c2ccc3ncc4c(c3c2)C2(CC2)C(=O)N4C)cnc1OCCCN(C)C. The second kappa shape index (κ2) is 7.31. The molecule has 2 aliphatic rings. The van der Waals surface area contributed by atoms with Crippen LogP contribution in [0.4, 0.5) is 5.69 Å². The number of hydrogen-bond acceptors (Lipinski definition) is 5. The maximum atomic E-state index is 12.8. The van der Waals surface area contributed by atoms with Crippen LogP contribution in [-0.2, 0) is 10.2 Å². The third kappa shape index (κ3) is 3.26. The highest BCUT2D eigenvalue weighted by Crippen LogP contribution is 2.58. The fourth-order valence-corrected chi connectivity index (χ4v) is 4.67. The summed E-state index contributed by atoms with van der Waals surface area (Å²) in [6, 6.07) is 8.42. The normalized spacial score (nSPS) is 16.4. The Balaban J connectivity index is 1.47. The molecule has 0 radical (unpaired) electrons. The van der Waals surface area contributed by atoms with Crippen molar-refractivity contribution in [2.24, 2.45) is 0 Å². The first-order valence-corrected chi connectivity index (χ1v) is 10.9. The van der Waals surface area contributed by atoms with Gasteiger partial charge in [0.05, 0.1) is 29.4 Å². The molecule has 5 rings (SSSR count). The lowest BCUT2D eigenvalue weighted by Gasteiger charge is -2.13. The minimum absolute atomic E-state index is 0.204. The Morgan fingerprint density at radius 3 is 2.65 bits per heavy atom. The molecule has 1 saturated carbocycles. The summed E-state index contributed by atoms with van der Waals surface area (Å²) < 4.78 is 5.88. The Morgan fingerprint density at radius 2 is 1.94 bits per heavy atom. The van der Waals surface area contributed by atoms with Crippen molar-refractivity contribution in [3.63, 3.8) is 0 Å². The molecular formula is C25H28N4O2. The Labute approximate surface area is 182 Å². The van der Waals surface area contributed by atoms with Crippen LogP contribution in [0.3, 0.4) is 0 Å². The van der Waals surface area contributed by atoms with Crippen LogP contribution < -0.4 is 9.64 Å².